The highest BCUT2D eigenvalue weighted by Crippen LogP contribution is 2.32. The molecule has 1 aliphatic rings. The number of hydrogen-bond acceptors (Lipinski definition) is 4. The largest absolute Gasteiger partial charge is 0.268 e. The van der Waals surface area contributed by atoms with Crippen LogP contribution in [0.2, 0.25) is 0 Å². The molecule has 0 bridgehead atoms. The van der Waals surface area contributed by atoms with Crippen molar-refractivity contribution in [1.29, 1.82) is 0 Å². The number of benzene rings is 2. The second kappa shape index (κ2) is 8.14. The van der Waals surface area contributed by atoms with E-state index in [-0.39, 0.29) is 22.3 Å². The zero-order valence-corrected chi connectivity index (χ0v) is 17.5. The fourth-order valence-electron chi connectivity index (χ4n) is 3.98. The van der Waals surface area contributed by atoms with E-state index in [4.69, 9.17) is 5.10 Å². The third kappa shape index (κ3) is 4.21. The van der Waals surface area contributed by atoms with Crippen molar-refractivity contribution in [3.05, 3.63) is 70.8 Å². The molecular weight excluding hydrogens is 403 g/mol. The number of nitrogens with zero attached hydrogens (tertiary/aromatic N) is 2. The van der Waals surface area contributed by atoms with Gasteiger partial charge >= 0.3 is 0 Å². The van der Waals surface area contributed by atoms with Gasteiger partial charge in [-0.05, 0) is 54.8 Å². The molecule has 7 heteroatoms. The lowest BCUT2D eigenvalue weighted by Crippen LogP contribution is -2.29. The summed E-state index contributed by atoms with van der Waals surface area (Å²) in [5.41, 5.74) is 2.37. The molecule has 1 fully saturated rings. The molecule has 0 N–H and O–H groups in total. The number of sulfone groups is 1. The second-order valence-corrected chi connectivity index (χ2v) is 9.80. The monoisotopic (exact) mass is 426 g/mol. The van der Waals surface area contributed by atoms with E-state index in [0.29, 0.717) is 22.4 Å². The summed E-state index contributed by atoms with van der Waals surface area (Å²) in [5.74, 6) is -0.349. The average Bonchev–Trinajstić information content (AvgIpc) is 2.74. The summed E-state index contributed by atoms with van der Waals surface area (Å²) >= 11 is 0. The van der Waals surface area contributed by atoms with Gasteiger partial charge in [0, 0.05) is 23.4 Å². The number of aromatic nitrogens is 2. The molecule has 1 heterocycles. The highest BCUT2D eigenvalue weighted by molar-refractivity contribution is 7.90. The summed E-state index contributed by atoms with van der Waals surface area (Å²) in [6.07, 6.45) is 6.29. The van der Waals surface area contributed by atoms with Crippen molar-refractivity contribution >= 4 is 9.84 Å². The van der Waals surface area contributed by atoms with Gasteiger partial charge in [0.25, 0.3) is 5.56 Å². The topological polar surface area (TPSA) is 69.0 Å². The molecule has 4 rings (SSSR count). The Morgan fingerprint density at radius 1 is 0.933 bits per heavy atom. The minimum atomic E-state index is -3.32. The molecule has 1 aliphatic carbocycles. The third-order valence-corrected chi connectivity index (χ3v) is 6.72. The summed E-state index contributed by atoms with van der Waals surface area (Å²) in [7, 11) is -3.32. The Hall–Kier alpha value is -2.80. The molecular formula is C23H23FN2O3S. The number of halogens is 1. The molecule has 0 atom stereocenters. The van der Waals surface area contributed by atoms with Crippen molar-refractivity contribution in [3.8, 4) is 22.4 Å². The minimum Gasteiger partial charge on any atom is -0.268 e. The van der Waals surface area contributed by atoms with E-state index < -0.39 is 9.84 Å². The first-order valence-corrected chi connectivity index (χ1v) is 11.9. The van der Waals surface area contributed by atoms with Crippen molar-refractivity contribution in [3.63, 3.8) is 0 Å². The maximum Gasteiger partial charge on any atom is 0.267 e. The van der Waals surface area contributed by atoms with E-state index in [1.54, 1.807) is 35.0 Å². The van der Waals surface area contributed by atoms with E-state index in [0.717, 1.165) is 31.9 Å². The summed E-state index contributed by atoms with van der Waals surface area (Å²) in [4.78, 5) is 13.1. The third-order valence-electron chi connectivity index (χ3n) is 5.59. The van der Waals surface area contributed by atoms with Gasteiger partial charge in [0.15, 0.2) is 9.84 Å². The van der Waals surface area contributed by atoms with Crippen LogP contribution in [0.5, 0.6) is 0 Å². The van der Waals surface area contributed by atoms with Gasteiger partial charge in [-0.2, -0.15) is 5.10 Å². The Morgan fingerprint density at radius 2 is 1.53 bits per heavy atom. The standard InChI is InChI=1S/C23H23FN2O3S/c1-30(28,29)20-13-9-16(10-14-20)21-15-22(27)26(19-5-3-2-4-6-19)25-23(21)17-7-11-18(24)12-8-17/h7-15,19H,2-6H2,1H3. The van der Waals surface area contributed by atoms with Gasteiger partial charge in [0.05, 0.1) is 16.6 Å². The van der Waals surface area contributed by atoms with Crippen LogP contribution in [-0.4, -0.2) is 24.5 Å². The quantitative estimate of drug-likeness (QED) is 0.610. The highest BCUT2D eigenvalue weighted by Gasteiger charge is 2.21. The molecule has 156 valence electrons. The lowest BCUT2D eigenvalue weighted by Gasteiger charge is -2.24. The van der Waals surface area contributed by atoms with Crippen LogP contribution in [0.4, 0.5) is 4.39 Å². The number of hydrogen-bond donors (Lipinski definition) is 0. The average molecular weight is 427 g/mol. The van der Waals surface area contributed by atoms with Crippen molar-refractivity contribution in [1.82, 2.24) is 9.78 Å². The van der Waals surface area contributed by atoms with Crippen molar-refractivity contribution in [2.45, 2.75) is 43.0 Å². The molecule has 0 amide bonds. The zero-order valence-electron chi connectivity index (χ0n) is 16.7. The minimum absolute atomic E-state index is 0.0621. The van der Waals surface area contributed by atoms with Gasteiger partial charge < -0.3 is 0 Å². The van der Waals surface area contributed by atoms with Crippen molar-refractivity contribution in [2.24, 2.45) is 0 Å². The predicted octanol–water partition coefficient (Wildman–Crippen LogP) is 4.63. The first-order chi connectivity index (χ1) is 14.3. The van der Waals surface area contributed by atoms with E-state index in [1.165, 1.54) is 30.7 Å². The van der Waals surface area contributed by atoms with Gasteiger partial charge in [-0.15, -0.1) is 0 Å². The lowest BCUT2D eigenvalue weighted by atomic mass is 9.95. The molecule has 0 spiro atoms. The van der Waals surface area contributed by atoms with Crippen LogP contribution in [-0.2, 0) is 9.84 Å². The van der Waals surface area contributed by atoms with E-state index in [2.05, 4.69) is 0 Å². The Morgan fingerprint density at radius 3 is 2.13 bits per heavy atom. The van der Waals surface area contributed by atoms with Crippen LogP contribution < -0.4 is 5.56 Å². The lowest BCUT2D eigenvalue weighted by molar-refractivity contribution is 0.319. The molecule has 0 radical (unpaired) electrons. The second-order valence-electron chi connectivity index (χ2n) is 7.78. The molecule has 1 saturated carbocycles. The molecule has 1 aromatic heterocycles. The summed E-state index contributed by atoms with van der Waals surface area (Å²) in [6, 6.07) is 14.0. The summed E-state index contributed by atoms with van der Waals surface area (Å²) in [6.45, 7) is 0. The van der Waals surface area contributed by atoms with E-state index in [1.807, 2.05) is 0 Å². The van der Waals surface area contributed by atoms with Crippen LogP contribution >= 0.6 is 0 Å². The Bertz CT molecular complexity index is 1210. The molecule has 0 saturated heterocycles. The Labute approximate surface area is 175 Å². The fraction of sp³-hybridized carbons (Fsp3) is 0.304. The maximum absolute atomic E-state index is 13.5. The Balaban J connectivity index is 1.87. The van der Waals surface area contributed by atoms with E-state index in [9.17, 15) is 17.6 Å². The first-order valence-electron chi connectivity index (χ1n) is 10.0. The normalized spacial score (nSPS) is 15.3. The van der Waals surface area contributed by atoms with E-state index >= 15 is 0 Å². The summed E-state index contributed by atoms with van der Waals surface area (Å²) in [5, 5.41) is 4.71. The van der Waals surface area contributed by atoms with Crippen LogP contribution in [0.15, 0.2) is 64.3 Å². The van der Waals surface area contributed by atoms with Crippen LogP contribution in [0.1, 0.15) is 38.1 Å². The van der Waals surface area contributed by atoms with Crippen molar-refractivity contribution < 1.29 is 12.8 Å². The van der Waals surface area contributed by atoms with Gasteiger partial charge in [-0.3, -0.25) is 4.79 Å². The van der Waals surface area contributed by atoms with Crippen molar-refractivity contribution in [2.75, 3.05) is 6.26 Å². The fourth-order valence-corrected chi connectivity index (χ4v) is 4.61. The smallest absolute Gasteiger partial charge is 0.267 e. The van der Waals surface area contributed by atoms with Gasteiger partial charge in [-0.1, -0.05) is 31.4 Å². The van der Waals surface area contributed by atoms with Crippen LogP contribution in [0, 0.1) is 5.82 Å². The molecule has 30 heavy (non-hydrogen) atoms. The highest BCUT2D eigenvalue weighted by atomic mass is 32.2. The molecule has 3 aromatic rings. The van der Waals surface area contributed by atoms with Crippen LogP contribution in [0.25, 0.3) is 22.4 Å². The van der Waals surface area contributed by atoms with Gasteiger partial charge in [0.1, 0.15) is 5.82 Å². The SMILES string of the molecule is CS(=O)(=O)c1ccc(-c2cc(=O)n(C3CCCCC3)nc2-c2ccc(F)cc2)cc1. The first kappa shape index (κ1) is 20.5. The van der Waals surface area contributed by atoms with Gasteiger partial charge in [0.2, 0.25) is 0 Å². The van der Waals surface area contributed by atoms with Gasteiger partial charge in [-0.25, -0.2) is 17.5 Å². The maximum atomic E-state index is 13.5. The summed E-state index contributed by atoms with van der Waals surface area (Å²) < 4.78 is 38.6. The molecule has 0 unspecified atom stereocenters. The van der Waals surface area contributed by atoms with Crippen LogP contribution in [0.3, 0.4) is 0 Å². The zero-order chi connectivity index (χ0) is 21.3. The molecule has 0 aliphatic heterocycles. The molecule has 5 nitrogen and oxygen atoms in total. The molecule has 2 aromatic carbocycles. The Kier molecular flexibility index (Phi) is 5.56. The predicted molar refractivity (Wildman–Crippen MR) is 115 cm³/mol. The number of rotatable bonds is 4.